The lowest BCUT2D eigenvalue weighted by Crippen LogP contribution is -2.41. The topological polar surface area (TPSA) is 89.2 Å². The first-order chi connectivity index (χ1) is 16.0. The fourth-order valence-corrected chi connectivity index (χ4v) is 4.38. The van der Waals surface area contributed by atoms with Gasteiger partial charge in [-0.05, 0) is 41.9 Å². The van der Waals surface area contributed by atoms with Crippen LogP contribution >= 0.6 is 0 Å². The number of pyridine rings is 1. The number of rotatable bonds is 6. The number of aromatic nitrogens is 3. The molecule has 1 aliphatic carbocycles. The number of carbonyl (C=O) groups excluding carboxylic acids is 2. The summed E-state index contributed by atoms with van der Waals surface area (Å²) in [6, 6.07) is 9.69. The van der Waals surface area contributed by atoms with Crippen LogP contribution in [-0.2, 0) is 26.6 Å². The molecule has 2 aromatic heterocycles. The highest BCUT2D eigenvalue weighted by Crippen LogP contribution is 2.28. The highest BCUT2D eigenvalue weighted by atomic mass is 16.2. The molecule has 8 nitrogen and oxygen atoms in total. The number of nitrogens with zero attached hydrogens (tertiary/aromatic N) is 4. The van der Waals surface area contributed by atoms with Crippen molar-refractivity contribution in [1.29, 1.82) is 0 Å². The van der Waals surface area contributed by atoms with E-state index in [1.54, 1.807) is 33.6 Å². The van der Waals surface area contributed by atoms with Crippen molar-refractivity contribution in [3.05, 3.63) is 87.1 Å². The van der Waals surface area contributed by atoms with E-state index < -0.39 is 0 Å². The van der Waals surface area contributed by atoms with Gasteiger partial charge in [-0.2, -0.15) is 5.10 Å². The maximum absolute atomic E-state index is 13.4. The molecule has 33 heavy (non-hydrogen) atoms. The third-order valence-electron chi connectivity index (χ3n) is 6.38. The molecule has 3 aromatic rings. The molecule has 0 bridgehead atoms. The van der Waals surface area contributed by atoms with Crippen molar-refractivity contribution in [2.24, 2.45) is 13.0 Å². The molecule has 0 unspecified atom stereocenters. The lowest BCUT2D eigenvalue weighted by atomic mass is 9.95. The summed E-state index contributed by atoms with van der Waals surface area (Å²) in [7, 11) is 1.77. The first kappa shape index (κ1) is 21.2. The summed E-state index contributed by atoms with van der Waals surface area (Å²) < 4.78 is 3.20. The molecule has 0 radical (unpaired) electrons. The Morgan fingerprint density at radius 2 is 1.94 bits per heavy atom. The molecule has 1 fully saturated rings. The fourth-order valence-electron chi connectivity index (χ4n) is 4.38. The van der Waals surface area contributed by atoms with Gasteiger partial charge in [0, 0.05) is 39.1 Å². The summed E-state index contributed by atoms with van der Waals surface area (Å²) in [4.78, 5) is 41.2. The zero-order valence-corrected chi connectivity index (χ0v) is 18.7. The molecular weight excluding hydrogens is 418 g/mol. The average molecular weight is 446 g/mol. The minimum absolute atomic E-state index is 0.103. The molecule has 0 spiro atoms. The Hall–Kier alpha value is -3.68. The van der Waals surface area contributed by atoms with Crippen LogP contribution in [0.25, 0.3) is 0 Å². The van der Waals surface area contributed by atoms with Crippen molar-refractivity contribution < 1.29 is 9.59 Å². The van der Waals surface area contributed by atoms with E-state index in [0.29, 0.717) is 44.1 Å². The van der Waals surface area contributed by atoms with Crippen LogP contribution in [-0.4, -0.2) is 44.2 Å². The normalized spacial score (nSPS) is 15.2. The van der Waals surface area contributed by atoms with Gasteiger partial charge in [0.05, 0.1) is 18.3 Å². The number of aryl methyl sites for hydroxylation is 1. The highest BCUT2D eigenvalue weighted by molar-refractivity contribution is 5.96. The fraction of sp³-hybridized carbons (Fsp3) is 0.360. The van der Waals surface area contributed by atoms with Gasteiger partial charge in [-0.15, -0.1) is 0 Å². The van der Waals surface area contributed by atoms with Gasteiger partial charge in [-0.25, -0.2) is 0 Å². The summed E-state index contributed by atoms with van der Waals surface area (Å²) in [5.41, 5.74) is 3.04. The van der Waals surface area contributed by atoms with Crippen LogP contribution < -0.4 is 10.9 Å². The largest absolute Gasteiger partial charge is 0.352 e. The molecular formula is C25H27N5O3. The van der Waals surface area contributed by atoms with Gasteiger partial charge in [-0.3, -0.25) is 19.1 Å². The Bertz CT molecular complexity index is 1260. The lowest BCUT2D eigenvalue weighted by Gasteiger charge is -2.30. The summed E-state index contributed by atoms with van der Waals surface area (Å²) in [6.07, 6.45) is 7.78. The molecule has 2 aliphatic rings. The molecule has 8 heteroatoms. The number of benzene rings is 1. The number of hydrogen-bond donors (Lipinski definition) is 1. The third kappa shape index (κ3) is 4.46. The van der Waals surface area contributed by atoms with Gasteiger partial charge in [-0.1, -0.05) is 30.3 Å². The van der Waals surface area contributed by atoms with Gasteiger partial charge in [0.15, 0.2) is 0 Å². The van der Waals surface area contributed by atoms with Crippen LogP contribution in [0.15, 0.2) is 53.7 Å². The van der Waals surface area contributed by atoms with Crippen molar-refractivity contribution in [3.8, 4) is 0 Å². The second-order valence-electron chi connectivity index (χ2n) is 8.96. The van der Waals surface area contributed by atoms with E-state index in [0.717, 1.165) is 29.5 Å². The van der Waals surface area contributed by atoms with Crippen LogP contribution in [0.2, 0.25) is 0 Å². The summed E-state index contributed by atoms with van der Waals surface area (Å²) in [6.45, 7) is 1.77. The number of carbonyl (C=O) groups is 2. The molecule has 0 saturated heterocycles. The molecule has 1 saturated carbocycles. The molecule has 1 aromatic carbocycles. The quantitative estimate of drug-likeness (QED) is 0.628. The van der Waals surface area contributed by atoms with Crippen molar-refractivity contribution in [3.63, 3.8) is 0 Å². The number of nitrogens with one attached hydrogen (secondary N) is 1. The molecule has 1 N–H and O–H groups in total. The molecule has 2 amide bonds. The molecule has 5 rings (SSSR count). The number of amides is 2. The zero-order chi connectivity index (χ0) is 22.9. The number of hydrogen-bond acceptors (Lipinski definition) is 4. The summed E-state index contributed by atoms with van der Waals surface area (Å²) in [5.74, 6) is 0.111. The van der Waals surface area contributed by atoms with Crippen LogP contribution in [0, 0.1) is 5.92 Å². The van der Waals surface area contributed by atoms with Crippen molar-refractivity contribution in [1.82, 2.24) is 24.6 Å². The smallest absolute Gasteiger partial charge is 0.264 e. The van der Waals surface area contributed by atoms with E-state index in [-0.39, 0.29) is 22.9 Å². The molecule has 170 valence electrons. The van der Waals surface area contributed by atoms with E-state index in [1.807, 2.05) is 36.5 Å². The molecule has 1 aliphatic heterocycles. The number of fused-ring (bicyclic) bond motifs is 1. The predicted molar refractivity (Wildman–Crippen MR) is 123 cm³/mol. The highest BCUT2D eigenvalue weighted by Gasteiger charge is 2.30. The van der Waals surface area contributed by atoms with Crippen LogP contribution in [0.1, 0.15) is 50.2 Å². The van der Waals surface area contributed by atoms with E-state index in [9.17, 15) is 14.4 Å². The van der Waals surface area contributed by atoms with Crippen LogP contribution in [0.3, 0.4) is 0 Å². The first-order valence-corrected chi connectivity index (χ1v) is 11.3. The molecule has 0 atom stereocenters. The Labute approximate surface area is 191 Å². The van der Waals surface area contributed by atoms with Crippen LogP contribution in [0.4, 0.5) is 0 Å². The predicted octanol–water partition coefficient (Wildman–Crippen LogP) is 1.97. The van der Waals surface area contributed by atoms with Crippen molar-refractivity contribution >= 4 is 11.8 Å². The first-order valence-electron chi connectivity index (χ1n) is 11.3. The van der Waals surface area contributed by atoms with Gasteiger partial charge in [0.25, 0.3) is 17.4 Å². The minimum Gasteiger partial charge on any atom is -0.352 e. The van der Waals surface area contributed by atoms with Gasteiger partial charge in [0.2, 0.25) is 0 Å². The Balaban J connectivity index is 1.49. The van der Waals surface area contributed by atoms with Crippen LogP contribution in [0.5, 0.6) is 0 Å². The summed E-state index contributed by atoms with van der Waals surface area (Å²) >= 11 is 0. The van der Waals surface area contributed by atoms with Gasteiger partial charge >= 0.3 is 0 Å². The van der Waals surface area contributed by atoms with E-state index in [4.69, 9.17) is 0 Å². The third-order valence-corrected chi connectivity index (χ3v) is 6.38. The summed E-state index contributed by atoms with van der Waals surface area (Å²) in [5, 5.41) is 7.06. The van der Waals surface area contributed by atoms with E-state index in [1.165, 1.54) is 0 Å². The maximum atomic E-state index is 13.4. The second kappa shape index (κ2) is 8.69. The Morgan fingerprint density at radius 1 is 1.15 bits per heavy atom. The van der Waals surface area contributed by atoms with E-state index >= 15 is 0 Å². The van der Waals surface area contributed by atoms with Gasteiger partial charge < -0.3 is 14.8 Å². The van der Waals surface area contributed by atoms with E-state index in [2.05, 4.69) is 10.4 Å². The zero-order valence-electron chi connectivity index (χ0n) is 18.7. The second-order valence-corrected chi connectivity index (χ2v) is 8.96. The Morgan fingerprint density at radius 3 is 2.64 bits per heavy atom. The Kier molecular flexibility index (Phi) is 5.58. The lowest BCUT2D eigenvalue weighted by molar-refractivity contribution is 0.0734. The standard InChI is InChI=1S/C25H27N5O3/c1-28-14-19(12-27-28)24(32)29-10-9-21-20(15-29)16-30(13-18-5-3-2-4-6-18)25(33)22(21)23(31)26-11-17-7-8-17/h2-6,12,14,16-17H,7-11,13,15H2,1H3,(H,26,31). The van der Waals surface area contributed by atoms with Crippen molar-refractivity contribution in [2.45, 2.75) is 32.4 Å². The molecule has 3 heterocycles. The van der Waals surface area contributed by atoms with Crippen molar-refractivity contribution in [2.75, 3.05) is 13.1 Å². The minimum atomic E-state index is -0.308. The maximum Gasteiger partial charge on any atom is 0.264 e. The average Bonchev–Trinajstić information content (AvgIpc) is 3.56. The monoisotopic (exact) mass is 445 g/mol. The van der Waals surface area contributed by atoms with Gasteiger partial charge in [0.1, 0.15) is 5.56 Å². The SMILES string of the molecule is Cn1cc(C(=O)N2CCc3c(cn(Cc4ccccc4)c(=O)c3C(=O)NCC3CC3)C2)cn1.